The van der Waals surface area contributed by atoms with Crippen molar-refractivity contribution in [3.8, 4) is 0 Å². The number of ether oxygens (including phenoxy) is 2. The average Bonchev–Trinajstić information content (AvgIpc) is 2.47. The van der Waals surface area contributed by atoms with E-state index in [4.69, 9.17) is 9.47 Å². The summed E-state index contributed by atoms with van der Waals surface area (Å²) < 4.78 is 11.0. The minimum Gasteiger partial charge on any atom is -0.389 e. The first-order chi connectivity index (χ1) is 10.5. The molecule has 0 aromatic rings. The fraction of sp³-hybridized carbons (Fsp3) is 0.706. The predicted octanol–water partition coefficient (Wildman–Crippen LogP) is 1.77. The SMILES string of the molecule is CO[C@H]1/C=C/CCN(C(C)=O)CCOC/C(C)=C\[C@@H](C)[C@@H]1O. The van der Waals surface area contributed by atoms with E-state index in [9.17, 15) is 9.90 Å². The number of carbonyl (C=O) groups is 1. The Labute approximate surface area is 133 Å². The Morgan fingerprint density at radius 3 is 2.82 bits per heavy atom. The van der Waals surface area contributed by atoms with Gasteiger partial charge in [0.15, 0.2) is 0 Å². The zero-order valence-corrected chi connectivity index (χ0v) is 14.1. The number of aliphatic hydroxyl groups excluding tert-OH is 1. The van der Waals surface area contributed by atoms with Gasteiger partial charge in [-0.15, -0.1) is 0 Å². The molecule has 0 aliphatic carbocycles. The van der Waals surface area contributed by atoms with Crippen LogP contribution in [0.25, 0.3) is 0 Å². The second kappa shape index (κ2) is 9.77. The number of hydrogen-bond donors (Lipinski definition) is 1. The number of carbonyl (C=O) groups excluding carboxylic acids is 1. The lowest BCUT2D eigenvalue weighted by atomic mass is 9.97. The molecule has 0 saturated heterocycles. The van der Waals surface area contributed by atoms with Gasteiger partial charge in [-0.2, -0.15) is 0 Å². The van der Waals surface area contributed by atoms with E-state index < -0.39 is 6.10 Å². The van der Waals surface area contributed by atoms with Crippen molar-refractivity contribution in [2.75, 3.05) is 33.4 Å². The maximum Gasteiger partial charge on any atom is 0.219 e. The topological polar surface area (TPSA) is 59.0 Å². The highest BCUT2D eigenvalue weighted by Gasteiger charge is 2.21. The van der Waals surface area contributed by atoms with E-state index in [2.05, 4.69) is 0 Å². The first kappa shape index (κ1) is 18.9. The standard InChI is InChI=1S/C17H29NO4/c1-13-11-14(2)17(20)16(21-4)7-5-6-8-18(15(3)19)9-10-22-12-13/h5,7,11,14,16-17,20H,6,8-10,12H2,1-4H3/b7-5+,13-11-/t14-,16+,17+/m1/s1. The third-order valence-electron chi connectivity index (χ3n) is 3.87. The maximum atomic E-state index is 11.6. The van der Waals surface area contributed by atoms with Crippen LogP contribution in [0.1, 0.15) is 27.2 Å². The van der Waals surface area contributed by atoms with E-state index in [0.717, 1.165) is 12.0 Å². The van der Waals surface area contributed by atoms with Gasteiger partial charge < -0.3 is 19.5 Å². The molecule has 1 N–H and O–H groups in total. The predicted molar refractivity (Wildman–Crippen MR) is 86.6 cm³/mol. The largest absolute Gasteiger partial charge is 0.389 e. The summed E-state index contributed by atoms with van der Waals surface area (Å²) in [7, 11) is 1.59. The summed E-state index contributed by atoms with van der Waals surface area (Å²) >= 11 is 0. The monoisotopic (exact) mass is 311 g/mol. The van der Waals surface area contributed by atoms with E-state index in [1.54, 1.807) is 18.9 Å². The average molecular weight is 311 g/mol. The molecule has 0 unspecified atom stereocenters. The lowest BCUT2D eigenvalue weighted by Crippen LogP contribution is -2.34. The van der Waals surface area contributed by atoms with Gasteiger partial charge in [0.25, 0.3) is 0 Å². The zero-order valence-electron chi connectivity index (χ0n) is 14.1. The first-order valence-corrected chi connectivity index (χ1v) is 7.83. The van der Waals surface area contributed by atoms with Crippen LogP contribution < -0.4 is 0 Å². The molecule has 126 valence electrons. The fourth-order valence-corrected chi connectivity index (χ4v) is 2.52. The summed E-state index contributed by atoms with van der Waals surface area (Å²) in [5.74, 6) is 0.0307. The van der Waals surface area contributed by atoms with E-state index >= 15 is 0 Å². The van der Waals surface area contributed by atoms with Gasteiger partial charge >= 0.3 is 0 Å². The van der Waals surface area contributed by atoms with Crippen molar-refractivity contribution in [2.24, 2.45) is 5.92 Å². The van der Waals surface area contributed by atoms with Crippen molar-refractivity contribution in [1.29, 1.82) is 0 Å². The first-order valence-electron chi connectivity index (χ1n) is 7.83. The van der Waals surface area contributed by atoms with Crippen molar-refractivity contribution in [2.45, 2.75) is 39.4 Å². The molecule has 1 heterocycles. The van der Waals surface area contributed by atoms with Crippen LogP contribution >= 0.6 is 0 Å². The molecule has 5 nitrogen and oxygen atoms in total. The Balaban J connectivity index is 2.83. The highest BCUT2D eigenvalue weighted by atomic mass is 16.5. The van der Waals surface area contributed by atoms with Crippen LogP contribution in [0.15, 0.2) is 23.8 Å². The molecular weight excluding hydrogens is 282 g/mol. The molecule has 0 radical (unpaired) electrons. The molecular formula is C17H29NO4. The molecule has 1 rings (SSSR count). The van der Waals surface area contributed by atoms with Crippen molar-refractivity contribution in [1.82, 2.24) is 4.90 Å². The molecule has 0 bridgehead atoms. The summed E-state index contributed by atoms with van der Waals surface area (Å²) in [5.41, 5.74) is 1.07. The van der Waals surface area contributed by atoms with Gasteiger partial charge in [-0.3, -0.25) is 4.79 Å². The molecule has 0 spiro atoms. The Kier molecular flexibility index (Phi) is 8.38. The molecule has 1 aliphatic rings. The molecule has 3 atom stereocenters. The summed E-state index contributed by atoms with van der Waals surface area (Å²) in [4.78, 5) is 13.4. The minimum absolute atomic E-state index is 0.0186. The van der Waals surface area contributed by atoms with Crippen LogP contribution in [0.2, 0.25) is 0 Å². The van der Waals surface area contributed by atoms with E-state index in [1.165, 1.54) is 0 Å². The van der Waals surface area contributed by atoms with Crippen LogP contribution in [0.5, 0.6) is 0 Å². The number of hydrogen-bond acceptors (Lipinski definition) is 4. The molecule has 1 aliphatic heterocycles. The molecule has 0 aromatic carbocycles. The molecule has 0 aromatic heterocycles. The Morgan fingerprint density at radius 1 is 1.45 bits per heavy atom. The third kappa shape index (κ3) is 6.30. The lowest BCUT2D eigenvalue weighted by Gasteiger charge is -2.24. The molecule has 22 heavy (non-hydrogen) atoms. The van der Waals surface area contributed by atoms with Crippen LogP contribution in [0, 0.1) is 5.92 Å². The van der Waals surface area contributed by atoms with Crippen LogP contribution in [-0.4, -0.2) is 61.5 Å². The van der Waals surface area contributed by atoms with Gasteiger partial charge in [0.05, 0.1) is 19.3 Å². The van der Waals surface area contributed by atoms with Gasteiger partial charge in [-0.05, 0) is 13.3 Å². The van der Waals surface area contributed by atoms with Gasteiger partial charge in [-0.25, -0.2) is 0 Å². The van der Waals surface area contributed by atoms with Crippen molar-refractivity contribution in [3.63, 3.8) is 0 Å². The Morgan fingerprint density at radius 2 is 2.18 bits per heavy atom. The number of nitrogens with zero attached hydrogens (tertiary/aromatic N) is 1. The van der Waals surface area contributed by atoms with Crippen molar-refractivity contribution < 1.29 is 19.4 Å². The third-order valence-corrected chi connectivity index (χ3v) is 3.87. The molecule has 1 amide bonds. The summed E-state index contributed by atoms with van der Waals surface area (Å²) in [5, 5.41) is 10.4. The number of aliphatic hydroxyl groups is 1. The van der Waals surface area contributed by atoms with Crippen molar-refractivity contribution >= 4 is 5.91 Å². The molecule has 5 heteroatoms. The van der Waals surface area contributed by atoms with Crippen LogP contribution in [0.4, 0.5) is 0 Å². The van der Waals surface area contributed by atoms with Gasteiger partial charge in [0.1, 0.15) is 6.10 Å². The van der Waals surface area contributed by atoms with Gasteiger partial charge in [0, 0.05) is 33.0 Å². The second-order valence-corrected chi connectivity index (χ2v) is 5.84. The zero-order chi connectivity index (χ0) is 16.5. The number of methoxy groups -OCH3 is 1. The second-order valence-electron chi connectivity index (χ2n) is 5.84. The highest BCUT2D eigenvalue weighted by Crippen LogP contribution is 2.15. The smallest absolute Gasteiger partial charge is 0.219 e. The quantitative estimate of drug-likeness (QED) is 0.750. The van der Waals surface area contributed by atoms with Gasteiger partial charge in [-0.1, -0.05) is 30.7 Å². The fourth-order valence-electron chi connectivity index (χ4n) is 2.52. The highest BCUT2D eigenvalue weighted by molar-refractivity contribution is 5.73. The normalized spacial score (nSPS) is 32.7. The van der Waals surface area contributed by atoms with Crippen LogP contribution in [0.3, 0.4) is 0 Å². The van der Waals surface area contributed by atoms with Crippen molar-refractivity contribution in [3.05, 3.63) is 23.8 Å². The van der Waals surface area contributed by atoms with Gasteiger partial charge in [0.2, 0.25) is 5.91 Å². The summed E-state index contributed by atoms with van der Waals surface area (Å²) in [6.45, 7) is 7.80. The van der Waals surface area contributed by atoms with E-state index in [0.29, 0.717) is 26.3 Å². The lowest BCUT2D eigenvalue weighted by molar-refractivity contribution is -0.129. The minimum atomic E-state index is -0.608. The molecule has 0 saturated carbocycles. The Bertz CT molecular complexity index is 405. The summed E-state index contributed by atoms with van der Waals surface area (Å²) in [6, 6.07) is 0. The number of amides is 1. The maximum absolute atomic E-state index is 11.6. The van der Waals surface area contributed by atoms with E-state index in [1.807, 2.05) is 32.1 Å². The van der Waals surface area contributed by atoms with Crippen LogP contribution in [-0.2, 0) is 14.3 Å². The Hall–Kier alpha value is -1.17. The number of rotatable bonds is 1. The van der Waals surface area contributed by atoms with E-state index in [-0.39, 0.29) is 17.9 Å². The summed E-state index contributed by atoms with van der Waals surface area (Å²) in [6.07, 6.45) is 5.62. The molecule has 0 fully saturated rings.